The van der Waals surface area contributed by atoms with E-state index >= 15 is 0 Å². The van der Waals surface area contributed by atoms with Crippen molar-refractivity contribution in [2.75, 3.05) is 57.6 Å². The highest BCUT2D eigenvalue weighted by molar-refractivity contribution is 7.80. The van der Waals surface area contributed by atoms with E-state index in [1.807, 2.05) is 15.9 Å². The van der Waals surface area contributed by atoms with Crippen molar-refractivity contribution in [2.45, 2.75) is 6.92 Å². The highest BCUT2D eigenvalue weighted by atomic mass is 32.1. The first kappa shape index (κ1) is 23.0. The topological polar surface area (TPSA) is 65.1 Å². The Bertz CT molecular complexity index is 1000. The molecule has 1 amide bonds. The molecule has 0 bridgehead atoms. The van der Waals surface area contributed by atoms with Crippen LogP contribution in [0.2, 0.25) is 0 Å². The molecule has 10 heteroatoms. The van der Waals surface area contributed by atoms with Gasteiger partial charge in [0.25, 0.3) is 5.91 Å². The minimum Gasteiger partial charge on any atom is -0.465 e. The molecule has 0 unspecified atom stereocenters. The van der Waals surface area contributed by atoms with E-state index in [2.05, 4.69) is 5.32 Å². The van der Waals surface area contributed by atoms with Crippen LogP contribution in [0.4, 0.5) is 15.1 Å². The van der Waals surface area contributed by atoms with Crippen molar-refractivity contribution in [1.29, 1.82) is 0 Å². The van der Waals surface area contributed by atoms with E-state index in [-0.39, 0.29) is 11.7 Å². The lowest BCUT2D eigenvalue weighted by Gasteiger charge is -2.37. The molecule has 3 rings (SSSR count). The molecule has 31 heavy (non-hydrogen) atoms. The Morgan fingerprint density at radius 1 is 1.19 bits per heavy atom. The number of esters is 1. The van der Waals surface area contributed by atoms with Crippen LogP contribution in [-0.4, -0.2) is 74.2 Å². The number of carbonyl (C=O) groups excluding carboxylic acids is 2. The fourth-order valence-corrected chi connectivity index (χ4v) is 4.96. The van der Waals surface area contributed by atoms with Crippen LogP contribution in [-0.2, 0) is 4.74 Å². The molecule has 7 nitrogen and oxygen atoms in total. The molecule has 1 aliphatic rings. The third-order valence-electron chi connectivity index (χ3n) is 5.12. The summed E-state index contributed by atoms with van der Waals surface area (Å²) >= 11 is 6.75. The van der Waals surface area contributed by atoms with Gasteiger partial charge in [-0.15, -0.1) is 11.3 Å². The number of amides is 1. The maximum Gasteiger partial charge on any atom is 0.341 e. The van der Waals surface area contributed by atoms with Crippen LogP contribution in [0.5, 0.6) is 0 Å². The van der Waals surface area contributed by atoms with Gasteiger partial charge in [0.2, 0.25) is 0 Å². The van der Waals surface area contributed by atoms with E-state index in [1.54, 1.807) is 33.2 Å². The summed E-state index contributed by atoms with van der Waals surface area (Å²) in [6.07, 6.45) is 0. The van der Waals surface area contributed by atoms with Crippen molar-refractivity contribution < 1.29 is 18.7 Å². The largest absolute Gasteiger partial charge is 0.465 e. The van der Waals surface area contributed by atoms with Gasteiger partial charge in [0.1, 0.15) is 10.8 Å². The van der Waals surface area contributed by atoms with Crippen LogP contribution < -0.4 is 10.2 Å². The molecule has 1 aromatic carbocycles. The maximum absolute atomic E-state index is 14.1. The highest BCUT2D eigenvalue weighted by Gasteiger charge is 2.28. The number of hydrogen-bond donors (Lipinski definition) is 1. The number of carbonyl (C=O) groups is 2. The number of hydrogen-bond acceptors (Lipinski definition) is 6. The molecule has 0 aliphatic carbocycles. The van der Waals surface area contributed by atoms with Crippen LogP contribution >= 0.6 is 23.6 Å². The molecule has 2 aromatic rings. The molecule has 2 heterocycles. The van der Waals surface area contributed by atoms with Gasteiger partial charge in [-0.3, -0.25) is 4.79 Å². The van der Waals surface area contributed by atoms with E-state index in [1.165, 1.54) is 29.4 Å². The SMILES string of the molecule is COC(=O)c1c(NC(=S)N2CCN(c3ccccc3F)CC2)sc(C(=O)N(C)C)c1C. The molecular formula is C21H25FN4O3S2. The highest BCUT2D eigenvalue weighted by Crippen LogP contribution is 2.34. The minimum atomic E-state index is -0.527. The average Bonchev–Trinajstić information content (AvgIpc) is 3.08. The molecule has 0 spiro atoms. The van der Waals surface area contributed by atoms with Gasteiger partial charge in [-0.2, -0.15) is 0 Å². The van der Waals surface area contributed by atoms with E-state index in [0.717, 1.165) is 0 Å². The first-order valence-electron chi connectivity index (χ1n) is 9.73. The zero-order valence-electron chi connectivity index (χ0n) is 17.9. The quantitative estimate of drug-likeness (QED) is 0.551. The lowest BCUT2D eigenvalue weighted by atomic mass is 10.1. The van der Waals surface area contributed by atoms with Gasteiger partial charge in [-0.1, -0.05) is 12.1 Å². The van der Waals surface area contributed by atoms with Crippen molar-refractivity contribution >= 4 is 51.2 Å². The maximum atomic E-state index is 14.1. The Morgan fingerprint density at radius 2 is 1.84 bits per heavy atom. The van der Waals surface area contributed by atoms with Gasteiger partial charge in [-0.05, 0) is 36.8 Å². The zero-order valence-corrected chi connectivity index (χ0v) is 19.5. The van der Waals surface area contributed by atoms with Gasteiger partial charge >= 0.3 is 5.97 Å². The zero-order chi connectivity index (χ0) is 22.7. The van der Waals surface area contributed by atoms with Crippen LogP contribution in [0.3, 0.4) is 0 Å². The Labute approximate surface area is 190 Å². The fourth-order valence-electron chi connectivity index (χ4n) is 3.39. The molecule has 0 atom stereocenters. The standard InChI is InChI=1S/C21H25FN4O3S2/c1-13-16(20(28)29-4)18(31-17(13)19(27)24(2)3)23-21(30)26-11-9-25(10-12-26)15-8-6-5-7-14(15)22/h5-8H,9-12H2,1-4H3,(H,23,30). The monoisotopic (exact) mass is 464 g/mol. The summed E-state index contributed by atoms with van der Waals surface area (Å²) in [5.41, 5.74) is 1.45. The van der Waals surface area contributed by atoms with E-state index in [9.17, 15) is 14.0 Å². The summed E-state index contributed by atoms with van der Waals surface area (Å²) < 4.78 is 19.0. The van der Waals surface area contributed by atoms with Crippen LogP contribution in [0, 0.1) is 12.7 Å². The van der Waals surface area contributed by atoms with E-state index in [0.29, 0.717) is 58.0 Å². The molecule has 1 N–H and O–H groups in total. The Morgan fingerprint density at radius 3 is 2.42 bits per heavy atom. The van der Waals surface area contributed by atoms with E-state index in [4.69, 9.17) is 17.0 Å². The molecule has 166 valence electrons. The molecule has 1 aromatic heterocycles. The first-order chi connectivity index (χ1) is 14.7. The summed E-state index contributed by atoms with van der Waals surface area (Å²) in [5.74, 6) is -0.960. The molecule has 1 fully saturated rings. The minimum absolute atomic E-state index is 0.190. The summed E-state index contributed by atoms with van der Waals surface area (Å²) in [6, 6.07) is 6.71. The number of anilines is 2. The number of thiocarbonyl (C=S) groups is 1. The second kappa shape index (κ2) is 9.61. The molecule has 0 saturated carbocycles. The number of benzene rings is 1. The normalized spacial score (nSPS) is 13.7. The van der Waals surface area contributed by atoms with Crippen LogP contribution in [0.1, 0.15) is 25.6 Å². The van der Waals surface area contributed by atoms with Crippen molar-refractivity contribution in [2.24, 2.45) is 0 Å². The number of nitrogens with zero attached hydrogens (tertiary/aromatic N) is 3. The Hall–Kier alpha value is -2.72. The van der Waals surface area contributed by atoms with E-state index < -0.39 is 5.97 Å². The lowest BCUT2D eigenvalue weighted by molar-refractivity contribution is 0.0601. The van der Waals surface area contributed by atoms with Crippen molar-refractivity contribution in [3.63, 3.8) is 0 Å². The number of para-hydroxylation sites is 1. The molecular weight excluding hydrogens is 439 g/mol. The molecule has 1 aliphatic heterocycles. The predicted octanol–water partition coefficient (Wildman–Crippen LogP) is 3.20. The molecule has 0 radical (unpaired) electrons. The van der Waals surface area contributed by atoms with Crippen molar-refractivity contribution in [3.05, 3.63) is 46.1 Å². The number of rotatable bonds is 4. The van der Waals surface area contributed by atoms with Gasteiger partial charge in [0.05, 0.1) is 23.2 Å². The summed E-state index contributed by atoms with van der Waals surface area (Å²) in [5, 5.41) is 4.06. The van der Waals surface area contributed by atoms with Crippen LogP contribution in [0.25, 0.3) is 0 Å². The van der Waals surface area contributed by atoms with Crippen LogP contribution in [0.15, 0.2) is 24.3 Å². The van der Waals surface area contributed by atoms with Gasteiger partial charge in [0.15, 0.2) is 5.11 Å². The first-order valence-corrected chi connectivity index (χ1v) is 11.0. The second-order valence-corrected chi connectivity index (χ2v) is 8.71. The third kappa shape index (κ3) is 4.80. The summed E-state index contributed by atoms with van der Waals surface area (Å²) in [6.45, 7) is 4.14. The van der Waals surface area contributed by atoms with Crippen molar-refractivity contribution in [1.82, 2.24) is 9.80 Å². The number of piperazine rings is 1. The molecule has 1 saturated heterocycles. The Balaban J connectivity index is 1.75. The number of halogens is 1. The number of methoxy groups -OCH3 is 1. The predicted molar refractivity (Wildman–Crippen MR) is 125 cm³/mol. The Kier molecular flexibility index (Phi) is 7.11. The van der Waals surface area contributed by atoms with Crippen molar-refractivity contribution in [3.8, 4) is 0 Å². The second-order valence-electron chi connectivity index (χ2n) is 7.31. The fraction of sp³-hybridized carbons (Fsp3) is 0.381. The third-order valence-corrected chi connectivity index (χ3v) is 6.67. The van der Waals surface area contributed by atoms with Gasteiger partial charge < -0.3 is 24.8 Å². The lowest BCUT2D eigenvalue weighted by Crippen LogP contribution is -2.50. The summed E-state index contributed by atoms with van der Waals surface area (Å²) in [4.78, 5) is 30.7. The number of nitrogens with one attached hydrogen (secondary N) is 1. The summed E-state index contributed by atoms with van der Waals surface area (Å²) in [7, 11) is 4.62. The average molecular weight is 465 g/mol. The smallest absolute Gasteiger partial charge is 0.341 e. The number of ether oxygens (including phenoxy) is 1. The number of thiophene rings is 1. The van der Waals surface area contributed by atoms with Gasteiger partial charge in [-0.25, -0.2) is 9.18 Å². The van der Waals surface area contributed by atoms with Gasteiger partial charge in [0, 0.05) is 40.3 Å².